The standard InChI is InChI=1S/C18H14OP.C12H8N3.Ir/c19-20(16-10-4-1-5-11-16,17-12-6-2-7-13-17)18-14-8-3-9-15-18;1-2-6-10-9(5-1)14-12(15-10)11-7-3-4-8-13-11;/h1-14H;1-8H;/q2*-1;. The predicted molar refractivity (Wildman–Crippen MR) is 143 cm³/mol. The van der Waals surface area contributed by atoms with Gasteiger partial charge in [0.2, 0.25) is 0 Å². The number of hydrogen-bond donors (Lipinski definition) is 0. The Morgan fingerprint density at radius 1 is 0.667 bits per heavy atom. The Bertz CT molecular complexity index is 1420. The van der Waals surface area contributed by atoms with Gasteiger partial charge >= 0.3 is 0 Å². The van der Waals surface area contributed by atoms with E-state index in [1.165, 1.54) is 0 Å². The molecular weight excluding hydrogens is 642 g/mol. The van der Waals surface area contributed by atoms with Gasteiger partial charge < -0.3 is 14.5 Å². The van der Waals surface area contributed by atoms with Crippen molar-refractivity contribution in [2.45, 2.75) is 0 Å². The molecule has 0 bridgehead atoms. The predicted octanol–water partition coefficient (Wildman–Crippen LogP) is 5.38. The van der Waals surface area contributed by atoms with Crippen molar-refractivity contribution in [1.29, 1.82) is 0 Å². The molecule has 0 spiro atoms. The number of aromatic nitrogens is 3. The number of fused-ring (bicyclic) bond motifs is 1. The second kappa shape index (κ2) is 11.9. The maximum Gasteiger partial charge on any atom is 0.147 e. The molecule has 0 aliphatic heterocycles. The van der Waals surface area contributed by atoms with Crippen LogP contribution in [0, 0.1) is 6.07 Å². The summed E-state index contributed by atoms with van der Waals surface area (Å²) in [5.74, 6) is 0.691. The fraction of sp³-hybridized carbons (Fsp3) is 0. The molecule has 0 aliphatic carbocycles. The van der Waals surface area contributed by atoms with Gasteiger partial charge in [0, 0.05) is 36.9 Å². The van der Waals surface area contributed by atoms with Crippen LogP contribution in [0.5, 0.6) is 0 Å². The summed E-state index contributed by atoms with van der Waals surface area (Å²) in [7, 11) is -2.83. The van der Waals surface area contributed by atoms with E-state index in [-0.39, 0.29) is 20.1 Å². The summed E-state index contributed by atoms with van der Waals surface area (Å²) in [5, 5.41) is 2.43. The third kappa shape index (κ3) is 5.45. The smallest absolute Gasteiger partial charge is 0.147 e. The number of nitrogens with zero attached hydrogens (tertiary/aromatic N) is 3. The minimum atomic E-state index is -2.83. The van der Waals surface area contributed by atoms with E-state index >= 15 is 0 Å². The zero-order valence-corrected chi connectivity index (χ0v) is 22.5. The first kappa shape index (κ1) is 25.5. The number of imidazole rings is 1. The minimum absolute atomic E-state index is 0. The van der Waals surface area contributed by atoms with Crippen molar-refractivity contribution in [3.63, 3.8) is 0 Å². The van der Waals surface area contributed by atoms with Crippen molar-refractivity contribution in [3.05, 3.63) is 140 Å². The Morgan fingerprint density at radius 2 is 1.28 bits per heavy atom. The van der Waals surface area contributed by atoms with Gasteiger partial charge in [-0.3, -0.25) is 4.98 Å². The molecule has 0 amide bonds. The number of pyridine rings is 1. The van der Waals surface area contributed by atoms with Crippen LogP contribution in [-0.4, -0.2) is 9.97 Å². The average molecular weight is 664 g/mol. The molecule has 4 aromatic carbocycles. The van der Waals surface area contributed by atoms with E-state index in [9.17, 15) is 4.57 Å². The van der Waals surface area contributed by atoms with E-state index in [1.54, 1.807) is 6.20 Å². The van der Waals surface area contributed by atoms with Crippen molar-refractivity contribution in [3.8, 4) is 11.5 Å². The molecule has 0 unspecified atom stereocenters. The summed E-state index contributed by atoms with van der Waals surface area (Å²) in [6.45, 7) is 0. The molecule has 4 nitrogen and oxygen atoms in total. The van der Waals surface area contributed by atoms with Crippen LogP contribution in [0.15, 0.2) is 134 Å². The third-order valence-corrected chi connectivity index (χ3v) is 8.51. The summed E-state index contributed by atoms with van der Waals surface area (Å²) in [6.07, 6.45) is 1.75. The Kier molecular flexibility index (Phi) is 8.40. The van der Waals surface area contributed by atoms with Crippen molar-refractivity contribution >= 4 is 34.1 Å². The summed E-state index contributed by atoms with van der Waals surface area (Å²) >= 11 is 0. The molecule has 179 valence electrons. The first-order valence-corrected chi connectivity index (χ1v) is 13.0. The van der Waals surface area contributed by atoms with Gasteiger partial charge in [-0.2, -0.15) is 30.3 Å². The van der Waals surface area contributed by atoms with Gasteiger partial charge in [0.25, 0.3) is 0 Å². The maximum atomic E-state index is 13.8. The molecule has 1 radical (unpaired) electrons. The van der Waals surface area contributed by atoms with Gasteiger partial charge in [0.05, 0.1) is 5.69 Å². The largest absolute Gasteiger partial charge is 0.434 e. The van der Waals surface area contributed by atoms with Gasteiger partial charge in [-0.05, 0) is 29.0 Å². The van der Waals surface area contributed by atoms with Gasteiger partial charge in [-0.25, -0.2) is 0 Å². The Balaban J connectivity index is 0.000000170. The Morgan fingerprint density at radius 3 is 1.86 bits per heavy atom. The zero-order valence-electron chi connectivity index (χ0n) is 19.2. The second-order valence-electron chi connectivity index (χ2n) is 7.78. The van der Waals surface area contributed by atoms with E-state index in [4.69, 9.17) is 0 Å². The molecule has 0 saturated carbocycles. The molecule has 0 fully saturated rings. The van der Waals surface area contributed by atoms with Crippen molar-refractivity contribution < 1.29 is 24.7 Å². The Labute approximate surface area is 224 Å². The van der Waals surface area contributed by atoms with Crippen LogP contribution in [-0.2, 0) is 24.7 Å². The van der Waals surface area contributed by atoms with E-state index in [2.05, 4.69) is 21.0 Å². The SMILES string of the molecule is O=P(c1[c-]cccc1)(c1ccccc1)c1ccccc1.[Ir].c1ccc(-c2nc3ccccc3[n-]2)nc1. The molecular formula is C30H22IrN3OP-2. The normalized spacial score (nSPS) is 10.7. The van der Waals surface area contributed by atoms with Crippen LogP contribution in [0.2, 0.25) is 0 Å². The van der Waals surface area contributed by atoms with Crippen LogP contribution in [0.4, 0.5) is 0 Å². The molecule has 6 heteroatoms. The fourth-order valence-corrected chi connectivity index (χ4v) is 6.39. The number of hydrogen-bond acceptors (Lipinski definition) is 3. The molecule has 2 heterocycles. The first-order chi connectivity index (χ1) is 17.2. The number of rotatable bonds is 4. The third-order valence-electron chi connectivity index (χ3n) is 5.50. The monoisotopic (exact) mass is 664 g/mol. The van der Waals surface area contributed by atoms with Crippen LogP contribution in [0.3, 0.4) is 0 Å². The topological polar surface area (TPSA) is 57.0 Å². The molecule has 0 N–H and O–H groups in total. The number of para-hydroxylation sites is 2. The van der Waals surface area contributed by atoms with E-state index in [0.717, 1.165) is 32.6 Å². The molecule has 0 saturated heterocycles. The molecule has 2 aromatic heterocycles. The summed E-state index contributed by atoms with van der Waals surface area (Å²) < 4.78 is 13.8. The summed E-state index contributed by atoms with van der Waals surface area (Å²) in [5.41, 5.74) is 2.64. The van der Waals surface area contributed by atoms with Gasteiger partial charge in [0.1, 0.15) is 7.14 Å². The van der Waals surface area contributed by atoms with E-state index in [1.807, 2.05) is 127 Å². The summed E-state index contributed by atoms with van der Waals surface area (Å²) in [6, 6.07) is 43.5. The van der Waals surface area contributed by atoms with Crippen LogP contribution in [0.25, 0.3) is 22.6 Å². The van der Waals surface area contributed by atoms with Crippen LogP contribution < -0.4 is 20.9 Å². The molecule has 0 aliphatic rings. The van der Waals surface area contributed by atoms with Gasteiger partial charge in [-0.1, -0.05) is 96.3 Å². The fourth-order valence-electron chi connectivity index (χ4n) is 3.80. The quantitative estimate of drug-likeness (QED) is 0.188. The number of benzene rings is 4. The summed E-state index contributed by atoms with van der Waals surface area (Å²) in [4.78, 5) is 13.0. The van der Waals surface area contributed by atoms with Crippen LogP contribution in [0.1, 0.15) is 0 Å². The first-order valence-electron chi connectivity index (χ1n) is 11.2. The van der Waals surface area contributed by atoms with E-state index < -0.39 is 7.14 Å². The second-order valence-corrected chi connectivity index (χ2v) is 10.5. The van der Waals surface area contributed by atoms with Crippen molar-refractivity contribution in [1.82, 2.24) is 15.0 Å². The van der Waals surface area contributed by atoms with Gasteiger partial charge in [0.15, 0.2) is 0 Å². The molecule has 6 aromatic rings. The van der Waals surface area contributed by atoms with Crippen molar-refractivity contribution in [2.75, 3.05) is 0 Å². The molecule has 0 atom stereocenters. The Hall–Kier alpha value is -3.62. The molecule has 36 heavy (non-hydrogen) atoms. The maximum absolute atomic E-state index is 13.8. The minimum Gasteiger partial charge on any atom is -0.434 e. The van der Waals surface area contributed by atoms with E-state index in [0.29, 0.717) is 5.82 Å². The average Bonchev–Trinajstić information content (AvgIpc) is 3.39. The van der Waals surface area contributed by atoms with Crippen molar-refractivity contribution in [2.24, 2.45) is 0 Å². The molecule has 6 rings (SSSR count). The van der Waals surface area contributed by atoms with Crippen LogP contribution >= 0.6 is 7.14 Å². The zero-order chi connectivity index (χ0) is 23.9. The van der Waals surface area contributed by atoms with Gasteiger partial charge in [-0.15, -0.1) is 0 Å².